The highest BCUT2D eigenvalue weighted by Crippen LogP contribution is 2.29. The van der Waals surface area contributed by atoms with E-state index in [2.05, 4.69) is 15.4 Å². The number of carbonyl (C=O) groups is 4. The number of nitro benzene ring substituents is 1. The van der Waals surface area contributed by atoms with Gasteiger partial charge in [-0.2, -0.15) is 0 Å². The molecule has 0 aromatic heterocycles. The molecule has 1 aliphatic rings. The van der Waals surface area contributed by atoms with Crippen molar-refractivity contribution in [1.82, 2.24) is 15.5 Å². The highest BCUT2D eigenvalue weighted by atomic mass is 16.6. The van der Waals surface area contributed by atoms with Gasteiger partial charge in [-0.05, 0) is 42.3 Å². The van der Waals surface area contributed by atoms with Gasteiger partial charge in [-0.3, -0.25) is 24.6 Å². The van der Waals surface area contributed by atoms with Crippen molar-refractivity contribution < 1.29 is 28.8 Å². The lowest BCUT2D eigenvalue weighted by Crippen LogP contribution is -2.43. The third-order valence-electron chi connectivity index (χ3n) is 5.10. The molecule has 166 valence electrons. The minimum atomic E-state index is -1.45. The second-order valence-electron chi connectivity index (χ2n) is 7.22. The summed E-state index contributed by atoms with van der Waals surface area (Å²) >= 11 is 0. The largest absolute Gasteiger partial charge is 0.465 e. The summed E-state index contributed by atoms with van der Waals surface area (Å²) in [5.41, 5.74) is -0.165. The first-order chi connectivity index (χ1) is 15.2. The van der Waals surface area contributed by atoms with Crippen molar-refractivity contribution in [2.75, 3.05) is 13.7 Å². The smallest absolute Gasteiger partial charge is 0.337 e. The van der Waals surface area contributed by atoms with E-state index in [0.717, 1.165) is 4.90 Å². The van der Waals surface area contributed by atoms with Gasteiger partial charge < -0.3 is 15.4 Å². The van der Waals surface area contributed by atoms with Crippen molar-refractivity contribution in [3.63, 3.8) is 0 Å². The second kappa shape index (κ2) is 8.84. The Balaban J connectivity index is 1.62. The number of nitrogens with zero attached hydrogens (tertiary/aromatic N) is 2. The maximum absolute atomic E-state index is 12.9. The molecule has 32 heavy (non-hydrogen) atoms. The van der Waals surface area contributed by atoms with Crippen LogP contribution >= 0.6 is 0 Å². The van der Waals surface area contributed by atoms with Gasteiger partial charge in [0.25, 0.3) is 11.6 Å². The number of methoxy groups -OCH3 is 1. The number of nitro groups is 1. The second-order valence-corrected chi connectivity index (χ2v) is 7.22. The van der Waals surface area contributed by atoms with E-state index >= 15 is 0 Å². The lowest BCUT2D eigenvalue weighted by Gasteiger charge is -2.22. The molecule has 1 atom stereocenters. The molecule has 1 fully saturated rings. The van der Waals surface area contributed by atoms with Crippen LogP contribution in [0.1, 0.15) is 28.4 Å². The van der Waals surface area contributed by atoms with Crippen molar-refractivity contribution in [2.45, 2.75) is 19.0 Å². The summed E-state index contributed by atoms with van der Waals surface area (Å²) in [7, 11) is 1.28. The van der Waals surface area contributed by atoms with Crippen LogP contribution in [-0.4, -0.2) is 47.3 Å². The maximum Gasteiger partial charge on any atom is 0.337 e. The number of hydrogen-bond acceptors (Lipinski definition) is 7. The Morgan fingerprint density at radius 1 is 1.12 bits per heavy atom. The van der Waals surface area contributed by atoms with Gasteiger partial charge in [0.05, 0.1) is 17.6 Å². The maximum atomic E-state index is 12.9. The number of ether oxygens (including phenoxy) is 1. The molecule has 0 aliphatic carbocycles. The van der Waals surface area contributed by atoms with E-state index in [1.807, 2.05) is 0 Å². The van der Waals surface area contributed by atoms with Crippen LogP contribution in [0, 0.1) is 10.1 Å². The van der Waals surface area contributed by atoms with Gasteiger partial charge in [0, 0.05) is 18.7 Å². The topological polar surface area (TPSA) is 148 Å². The lowest BCUT2D eigenvalue weighted by atomic mass is 9.92. The zero-order valence-corrected chi connectivity index (χ0v) is 17.3. The van der Waals surface area contributed by atoms with Crippen LogP contribution < -0.4 is 10.6 Å². The number of imide groups is 1. The van der Waals surface area contributed by atoms with E-state index in [1.54, 1.807) is 24.3 Å². The van der Waals surface area contributed by atoms with Gasteiger partial charge in [-0.15, -0.1) is 0 Å². The van der Waals surface area contributed by atoms with Crippen LogP contribution in [0.25, 0.3) is 0 Å². The Morgan fingerprint density at radius 3 is 2.31 bits per heavy atom. The van der Waals surface area contributed by atoms with Gasteiger partial charge >= 0.3 is 12.0 Å². The zero-order valence-electron chi connectivity index (χ0n) is 17.3. The average Bonchev–Trinajstić information content (AvgIpc) is 3.01. The van der Waals surface area contributed by atoms with Crippen LogP contribution in [-0.2, 0) is 26.4 Å². The lowest BCUT2D eigenvalue weighted by molar-refractivity contribution is -0.384. The number of hydrogen-bond donors (Lipinski definition) is 2. The van der Waals surface area contributed by atoms with Crippen LogP contribution in [0.4, 0.5) is 10.5 Å². The summed E-state index contributed by atoms with van der Waals surface area (Å²) in [5, 5.41) is 16.0. The minimum Gasteiger partial charge on any atom is -0.465 e. The highest BCUT2D eigenvalue weighted by molar-refractivity contribution is 6.09. The first-order valence-corrected chi connectivity index (χ1v) is 9.48. The average molecular weight is 440 g/mol. The third kappa shape index (κ3) is 4.41. The number of nitrogens with one attached hydrogen (secondary N) is 2. The van der Waals surface area contributed by atoms with Crippen molar-refractivity contribution in [1.29, 1.82) is 0 Å². The number of amides is 4. The zero-order chi connectivity index (χ0) is 23.5. The Labute approximate surface area is 182 Å². The van der Waals surface area contributed by atoms with E-state index in [0.29, 0.717) is 16.7 Å². The number of non-ortho nitro benzene ring substituents is 1. The molecule has 0 spiro atoms. The van der Waals surface area contributed by atoms with E-state index in [-0.39, 0.29) is 12.2 Å². The van der Waals surface area contributed by atoms with Gasteiger partial charge in [0.15, 0.2) is 0 Å². The molecule has 1 aliphatic heterocycles. The standard InChI is InChI=1S/C21H20N4O7/c1-21(15-7-9-16(10-8-15)25(30)31)19(28)24(20(29)23-21)12-17(26)22-11-13-3-5-14(6-4-13)18(27)32-2/h3-10H,11-12H2,1-2H3,(H,22,26)(H,23,29)/t21-/m0/s1. The molecule has 2 aromatic carbocycles. The van der Waals surface area contributed by atoms with E-state index < -0.39 is 40.8 Å². The molecule has 3 rings (SSSR count). The molecule has 11 heteroatoms. The molecule has 0 radical (unpaired) electrons. The molecule has 0 bridgehead atoms. The van der Waals surface area contributed by atoms with Gasteiger partial charge in [0.1, 0.15) is 12.1 Å². The van der Waals surface area contributed by atoms with Crippen LogP contribution in [0.3, 0.4) is 0 Å². The number of urea groups is 1. The summed E-state index contributed by atoms with van der Waals surface area (Å²) in [6, 6.07) is 10.9. The van der Waals surface area contributed by atoms with Gasteiger partial charge in [0.2, 0.25) is 5.91 Å². The van der Waals surface area contributed by atoms with Crippen molar-refractivity contribution in [3.05, 3.63) is 75.3 Å². The number of benzene rings is 2. The summed E-state index contributed by atoms with van der Waals surface area (Å²) in [6.45, 7) is 1.10. The Bertz CT molecular complexity index is 1080. The molecular formula is C21H20N4O7. The van der Waals surface area contributed by atoms with Crippen LogP contribution in [0.5, 0.6) is 0 Å². The molecule has 4 amide bonds. The van der Waals surface area contributed by atoms with Crippen LogP contribution in [0.2, 0.25) is 0 Å². The number of esters is 1. The van der Waals surface area contributed by atoms with E-state index in [1.165, 1.54) is 38.3 Å². The minimum absolute atomic E-state index is 0.129. The molecular weight excluding hydrogens is 420 g/mol. The highest BCUT2D eigenvalue weighted by Gasteiger charge is 2.49. The van der Waals surface area contributed by atoms with E-state index in [4.69, 9.17) is 0 Å². The predicted molar refractivity (Wildman–Crippen MR) is 110 cm³/mol. The fourth-order valence-electron chi connectivity index (χ4n) is 3.23. The predicted octanol–water partition coefficient (Wildman–Crippen LogP) is 1.46. The molecule has 2 aromatic rings. The molecule has 1 saturated heterocycles. The fraction of sp³-hybridized carbons (Fsp3) is 0.238. The van der Waals surface area contributed by atoms with Crippen molar-refractivity contribution in [3.8, 4) is 0 Å². The summed E-state index contributed by atoms with van der Waals surface area (Å²) in [5.74, 6) is -1.68. The van der Waals surface area contributed by atoms with Crippen LogP contribution in [0.15, 0.2) is 48.5 Å². The summed E-state index contributed by atoms with van der Waals surface area (Å²) in [6.07, 6.45) is 0. The Morgan fingerprint density at radius 2 is 1.75 bits per heavy atom. The quantitative estimate of drug-likeness (QED) is 0.287. The Hall–Kier alpha value is -4.28. The molecule has 11 nitrogen and oxygen atoms in total. The third-order valence-corrected chi connectivity index (χ3v) is 5.10. The SMILES string of the molecule is COC(=O)c1ccc(CNC(=O)CN2C(=O)N[C@@](C)(c3ccc([N+](=O)[O-])cc3)C2=O)cc1. The summed E-state index contributed by atoms with van der Waals surface area (Å²) < 4.78 is 4.62. The van der Waals surface area contributed by atoms with E-state index in [9.17, 15) is 29.3 Å². The normalized spacial score (nSPS) is 17.6. The number of rotatable bonds is 7. The Kier molecular flexibility index (Phi) is 6.19. The molecule has 2 N–H and O–H groups in total. The van der Waals surface area contributed by atoms with Gasteiger partial charge in [-0.1, -0.05) is 12.1 Å². The number of carbonyl (C=O) groups excluding carboxylic acids is 4. The molecule has 1 heterocycles. The monoisotopic (exact) mass is 440 g/mol. The molecule has 0 unspecified atom stereocenters. The van der Waals surface area contributed by atoms with Crippen molar-refractivity contribution >= 4 is 29.5 Å². The van der Waals surface area contributed by atoms with Crippen molar-refractivity contribution in [2.24, 2.45) is 0 Å². The summed E-state index contributed by atoms with van der Waals surface area (Å²) in [4.78, 5) is 60.0. The first-order valence-electron chi connectivity index (χ1n) is 9.48. The molecule has 0 saturated carbocycles. The fourth-order valence-corrected chi connectivity index (χ4v) is 3.23. The first kappa shape index (κ1) is 22.4. The van der Waals surface area contributed by atoms with Gasteiger partial charge in [-0.25, -0.2) is 9.59 Å².